The van der Waals surface area contributed by atoms with Crippen molar-refractivity contribution in [3.8, 4) is 16.9 Å². The van der Waals surface area contributed by atoms with Gasteiger partial charge in [0.15, 0.2) is 0 Å². The van der Waals surface area contributed by atoms with Gasteiger partial charge in [-0.1, -0.05) is 48.5 Å². The lowest BCUT2D eigenvalue weighted by Crippen LogP contribution is -2.42. The third kappa shape index (κ3) is 5.03. The van der Waals surface area contributed by atoms with Crippen molar-refractivity contribution in [2.24, 2.45) is 5.92 Å². The van der Waals surface area contributed by atoms with Crippen LogP contribution in [0.2, 0.25) is 0 Å². The molecule has 0 unspecified atom stereocenters. The number of carbonyl (C=O) groups excluding carboxylic acids is 1. The van der Waals surface area contributed by atoms with Gasteiger partial charge in [0.05, 0.1) is 17.6 Å². The number of amides is 1. The molecule has 1 aliphatic heterocycles. The van der Waals surface area contributed by atoms with E-state index < -0.39 is 10.0 Å². The van der Waals surface area contributed by atoms with Gasteiger partial charge in [-0.05, 0) is 25.0 Å². The molecule has 0 aliphatic carbocycles. The summed E-state index contributed by atoms with van der Waals surface area (Å²) >= 11 is 0. The van der Waals surface area contributed by atoms with Gasteiger partial charge < -0.3 is 5.32 Å². The first kappa shape index (κ1) is 21.3. The first-order chi connectivity index (χ1) is 14.9. The largest absolute Gasteiger partial charge is 0.352 e. The summed E-state index contributed by atoms with van der Waals surface area (Å²) in [6.07, 6.45) is 4.23. The molecule has 162 valence electrons. The molecule has 2 heterocycles. The van der Waals surface area contributed by atoms with Gasteiger partial charge >= 0.3 is 0 Å². The zero-order valence-electron chi connectivity index (χ0n) is 17.4. The van der Waals surface area contributed by atoms with E-state index in [4.69, 9.17) is 5.10 Å². The Morgan fingerprint density at radius 1 is 1.03 bits per heavy atom. The second kappa shape index (κ2) is 9.03. The quantitative estimate of drug-likeness (QED) is 0.641. The normalized spacial score (nSPS) is 15.6. The molecular weight excluding hydrogens is 412 g/mol. The molecule has 1 N–H and O–H groups in total. The molecule has 31 heavy (non-hydrogen) atoms. The van der Waals surface area contributed by atoms with Crippen molar-refractivity contribution < 1.29 is 13.2 Å². The highest BCUT2D eigenvalue weighted by Gasteiger charge is 2.29. The Bertz CT molecular complexity index is 1140. The van der Waals surface area contributed by atoms with Crippen molar-refractivity contribution >= 4 is 15.9 Å². The first-order valence-electron chi connectivity index (χ1n) is 10.3. The van der Waals surface area contributed by atoms with Gasteiger partial charge in [0.2, 0.25) is 15.9 Å². The summed E-state index contributed by atoms with van der Waals surface area (Å²) in [4.78, 5) is 12.7. The Morgan fingerprint density at radius 2 is 1.65 bits per heavy atom. The van der Waals surface area contributed by atoms with E-state index in [1.54, 1.807) is 0 Å². The van der Waals surface area contributed by atoms with E-state index in [0.29, 0.717) is 32.5 Å². The summed E-state index contributed by atoms with van der Waals surface area (Å²) in [7, 11) is -3.20. The average molecular weight is 439 g/mol. The molecule has 0 atom stereocenters. The molecule has 0 saturated carbocycles. The molecule has 1 saturated heterocycles. The number of piperidine rings is 1. The van der Waals surface area contributed by atoms with Crippen LogP contribution in [0.5, 0.6) is 0 Å². The van der Waals surface area contributed by atoms with Gasteiger partial charge in [-0.25, -0.2) is 17.4 Å². The molecule has 1 fully saturated rings. The number of para-hydroxylation sites is 1. The van der Waals surface area contributed by atoms with Crippen LogP contribution in [0, 0.1) is 5.92 Å². The van der Waals surface area contributed by atoms with Gasteiger partial charge in [-0.15, -0.1) is 0 Å². The van der Waals surface area contributed by atoms with Gasteiger partial charge in [-0.3, -0.25) is 4.79 Å². The minimum atomic E-state index is -3.20. The Hall–Kier alpha value is -2.97. The van der Waals surface area contributed by atoms with Crippen LogP contribution in [0.1, 0.15) is 18.4 Å². The molecule has 8 heteroatoms. The highest BCUT2D eigenvalue weighted by Crippen LogP contribution is 2.24. The second-order valence-electron chi connectivity index (χ2n) is 7.80. The Balaban J connectivity index is 1.49. The average Bonchev–Trinajstić information content (AvgIpc) is 3.22. The van der Waals surface area contributed by atoms with Crippen molar-refractivity contribution in [1.29, 1.82) is 0 Å². The first-order valence-corrected chi connectivity index (χ1v) is 12.2. The Labute approximate surface area is 182 Å². The Kier molecular flexibility index (Phi) is 6.20. The molecule has 2 aromatic carbocycles. The highest BCUT2D eigenvalue weighted by molar-refractivity contribution is 7.88. The lowest BCUT2D eigenvalue weighted by molar-refractivity contribution is -0.126. The molecular formula is C23H26N4O3S. The standard InChI is InChI=1S/C23H26N4O3S/c1-31(29,30)26-14-12-19(13-15-26)23(28)24-16-20-17-27(21-10-6-3-7-11-21)25-22(20)18-8-4-2-5-9-18/h2-11,17,19H,12-16H2,1H3,(H,24,28). The van der Waals surface area contributed by atoms with E-state index in [1.165, 1.54) is 10.6 Å². The number of carbonyl (C=O) groups is 1. The van der Waals surface area contributed by atoms with E-state index in [-0.39, 0.29) is 11.8 Å². The molecule has 7 nitrogen and oxygen atoms in total. The number of nitrogens with zero attached hydrogens (tertiary/aromatic N) is 3. The summed E-state index contributed by atoms with van der Waals surface area (Å²) in [5.41, 5.74) is 3.70. The molecule has 0 spiro atoms. The number of hydrogen-bond donors (Lipinski definition) is 1. The Morgan fingerprint density at radius 3 is 2.26 bits per heavy atom. The molecule has 0 radical (unpaired) electrons. The van der Waals surface area contributed by atoms with Gasteiger partial charge in [0.1, 0.15) is 0 Å². The zero-order valence-corrected chi connectivity index (χ0v) is 18.3. The minimum Gasteiger partial charge on any atom is -0.352 e. The fourth-order valence-corrected chi connectivity index (χ4v) is 4.74. The lowest BCUT2D eigenvalue weighted by Gasteiger charge is -2.29. The molecule has 3 aromatic rings. The maximum atomic E-state index is 12.7. The number of sulfonamides is 1. The van der Waals surface area contributed by atoms with E-state index in [2.05, 4.69) is 5.32 Å². The SMILES string of the molecule is CS(=O)(=O)N1CCC(C(=O)NCc2cn(-c3ccccc3)nc2-c2ccccc2)CC1. The minimum absolute atomic E-state index is 0.0420. The number of hydrogen-bond acceptors (Lipinski definition) is 4. The van der Waals surface area contributed by atoms with Crippen LogP contribution in [-0.4, -0.2) is 47.8 Å². The number of benzene rings is 2. The topological polar surface area (TPSA) is 84.3 Å². The van der Waals surface area contributed by atoms with Crippen molar-refractivity contribution in [2.45, 2.75) is 19.4 Å². The van der Waals surface area contributed by atoms with Crippen LogP contribution in [0.25, 0.3) is 16.9 Å². The summed E-state index contributed by atoms with van der Waals surface area (Å²) in [5.74, 6) is -0.220. The van der Waals surface area contributed by atoms with Crippen molar-refractivity contribution in [3.63, 3.8) is 0 Å². The summed E-state index contributed by atoms with van der Waals surface area (Å²) in [5, 5.41) is 7.81. The van der Waals surface area contributed by atoms with E-state index in [1.807, 2.05) is 71.5 Å². The summed E-state index contributed by atoms with van der Waals surface area (Å²) in [6, 6.07) is 19.8. The van der Waals surface area contributed by atoms with Crippen LogP contribution in [0.15, 0.2) is 66.9 Å². The number of rotatable bonds is 6. The van der Waals surface area contributed by atoms with Crippen molar-refractivity contribution in [1.82, 2.24) is 19.4 Å². The summed E-state index contributed by atoms with van der Waals surface area (Å²) in [6.45, 7) is 1.14. The van der Waals surface area contributed by atoms with Crippen LogP contribution >= 0.6 is 0 Å². The fraction of sp³-hybridized carbons (Fsp3) is 0.304. The van der Waals surface area contributed by atoms with E-state index in [0.717, 1.165) is 22.5 Å². The van der Waals surface area contributed by atoms with Crippen molar-refractivity contribution in [3.05, 3.63) is 72.4 Å². The molecule has 1 aliphatic rings. The molecule has 1 amide bonds. The van der Waals surface area contributed by atoms with Crippen molar-refractivity contribution in [2.75, 3.05) is 19.3 Å². The molecule has 0 bridgehead atoms. The number of aromatic nitrogens is 2. The van der Waals surface area contributed by atoms with Gasteiger partial charge in [0, 0.05) is 42.9 Å². The highest BCUT2D eigenvalue weighted by atomic mass is 32.2. The van der Waals surface area contributed by atoms with E-state index >= 15 is 0 Å². The molecule has 1 aromatic heterocycles. The van der Waals surface area contributed by atoms with Crippen LogP contribution in [-0.2, 0) is 21.4 Å². The third-order valence-corrected chi connectivity index (χ3v) is 6.91. The maximum Gasteiger partial charge on any atom is 0.223 e. The molecule has 4 rings (SSSR count). The maximum absolute atomic E-state index is 12.7. The monoisotopic (exact) mass is 438 g/mol. The predicted molar refractivity (Wildman–Crippen MR) is 120 cm³/mol. The summed E-state index contributed by atoms with van der Waals surface area (Å²) < 4.78 is 26.6. The lowest BCUT2D eigenvalue weighted by atomic mass is 9.97. The third-order valence-electron chi connectivity index (χ3n) is 5.60. The zero-order chi connectivity index (χ0) is 21.8. The van der Waals surface area contributed by atoms with Crippen LogP contribution in [0.4, 0.5) is 0 Å². The van der Waals surface area contributed by atoms with Gasteiger partial charge in [0.25, 0.3) is 0 Å². The number of nitrogens with one attached hydrogen (secondary N) is 1. The van der Waals surface area contributed by atoms with E-state index in [9.17, 15) is 13.2 Å². The smallest absolute Gasteiger partial charge is 0.223 e. The predicted octanol–water partition coefficient (Wildman–Crippen LogP) is 2.83. The van der Waals surface area contributed by atoms with Crippen LogP contribution < -0.4 is 5.32 Å². The van der Waals surface area contributed by atoms with Crippen LogP contribution in [0.3, 0.4) is 0 Å². The fourth-order valence-electron chi connectivity index (χ4n) is 3.87. The van der Waals surface area contributed by atoms with Gasteiger partial charge in [-0.2, -0.15) is 5.10 Å². The second-order valence-corrected chi connectivity index (χ2v) is 9.79.